The molecule has 2 aromatic carbocycles. The maximum Gasteiger partial charge on any atom is 0.243 e. The number of rotatable bonds is 10. The number of aromatic nitrogens is 2. The van der Waals surface area contributed by atoms with E-state index in [0.29, 0.717) is 30.1 Å². The van der Waals surface area contributed by atoms with Gasteiger partial charge in [0, 0.05) is 24.9 Å². The second-order valence-electron chi connectivity index (χ2n) is 7.46. The molecule has 8 heteroatoms. The van der Waals surface area contributed by atoms with E-state index in [1.807, 2.05) is 39.0 Å². The molecule has 0 radical (unpaired) electrons. The molecule has 0 aliphatic carbocycles. The number of hydrogen-bond acceptors (Lipinski definition) is 5. The Hall–Kier alpha value is -2.03. The van der Waals surface area contributed by atoms with Crippen LogP contribution in [0, 0.1) is 0 Å². The van der Waals surface area contributed by atoms with E-state index in [0.717, 1.165) is 22.2 Å². The van der Waals surface area contributed by atoms with Crippen molar-refractivity contribution in [2.75, 3.05) is 19.7 Å². The van der Waals surface area contributed by atoms with Gasteiger partial charge >= 0.3 is 0 Å². The lowest BCUT2D eigenvalue weighted by molar-refractivity contribution is 0.340. The van der Waals surface area contributed by atoms with Crippen molar-refractivity contribution in [1.29, 1.82) is 0 Å². The lowest BCUT2D eigenvalue weighted by atomic mass is 10.2. The first kappa shape index (κ1) is 23.6. The van der Waals surface area contributed by atoms with E-state index in [1.165, 1.54) is 9.87 Å². The van der Waals surface area contributed by atoms with Gasteiger partial charge in [0.1, 0.15) is 5.75 Å². The van der Waals surface area contributed by atoms with E-state index >= 15 is 0 Å². The van der Waals surface area contributed by atoms with Crippen molar-refractivity contribution < 1.29 is 13.2 Å². The molecule has 168 valence electrons. The molecular formula is C23H31N3O3S2. The molecule has 0 aliphatic rings. The molecule has 0 spiro atoms. The number of ether oxygens (including phenoxy) is 1. The molecule has 0 saturated carbocycles. The van der Waals surface area contributed by atoms with E-state index in [-0.39, 0.29) is 6.04 Å². The van der Waals surface area contributed by atoms with Crippen LogP contribution in [0.15, 0.2) is 52.5 Å². The van der Waals surface area contributed by atoms with Crippen molar-refractivity contribution in [3.05, 3.63) is 48.0 Å². The number of hydrogen-bond donors (Lipinski definition) is 0. The van der Waals surface area contributed by atoms with Crippen LogP contribution in [0.5, 0.6) is 5.75 Å². The highest BCUT2D eigenvalue weighted by molar-refractivity contribution is 7.98. The summed E-state index contributed by atoms with van der Waals surface area (Å²) in [5.74, 6) is 1.64. The monoisotopic (exact) mass is 461 g/mol. The van der Waals surface area contributed by atoms with Gasteiger partial charge in [0.2, 0.25) is 10.0 Å². The fourth-order valence-electron chi connectivity index (χ4n) is 3.53. The number of nitrogens with zero attached hydrogens (tertiary/aromatic N) is 3. The molecule has 0 fully saturated rings. The average molecular weight is 462 g/mol. The Kier molecular flexibility index (Phi) is 7.67. The zero-order chi connectivity index (χ0) is 22.6. The van der Waals surface area contributed by atoms with E-state index in [2.05, 4.69) is 30.5 Å². The predicted octanol–water partition coefficient (Wildman–Crippen LogP) is 5.34. The quantitative estimate of drug-likeness (QED) is 0.381. The van der Waals surface area contributed by atoms with Crippen molar-refractivity contribution in [3.63, 3.8) is 0 Å². The molecule has 1 heterocycles. The van der Waals surface area contributed by atoms with Gasteiger partial charge in [0.25, 0.3) is 0 Å². The molecule has 3 rings (SSSR count). The van der Waals surface area contributed by atoms with Crippen molar-refractivity contribution >= 4 is 32.8 Å². The minimum Gasteiger partial charge on any atom is -0.494 e. The summed E-state index contributed by atoms with van der Waals surface area (Å²) in [6.07, 6.45) is 0. The third kappa shape index (κ3) is 5.07. The van der Waals surface area contributed by atoms with Gasteiger partial charge in [0.05, 0.1) is 22.5 Å². The number of fused-ring (bicyclic) bond motifs is 1. The summed E-state index contributed by atoms with van der Waals surface area (Å²) in [7, 11) is -3.52. The molecule has 0 amide bonds. The topological polar surface area (TPSA) is 64.4 Å². The Balaban J connectivity index is 1.91. The molecule has 0 aliphatic heterocycles. The molecule has 0 N–H and O–H groups in total. The van der Waals surface area contributed by atoms with Crippen molar-refractivity contribution in [2.24, 2.45) is 0 Å². The first-order chi connectivity index (χ1) is 14.8. The molecule has 0 atom stereocenters. The Morgan fingerprint density at radius 2 is 1.74 bits per heavy atom. The summed E-state index contributed by atoms with van der Waals surface area (Å²) in [5, 5.41) is 0.885. The van der Waals surface area contributed by atoms with Crippen LogP contribution in [-0.2, 0) is 15.8 Å². The van der Waals surface area contributed by atoms with Gasteiger partial charge in [-0.25, -0.2) is 13.4 Å². The first-order valence-electron chi connectivity index (χ1n) is 10.7. The van der Waals surface area contributed by atoms with Crippen LogP contribution in [0.2, 0.25) is 0 Å². The fraction of sp³-hybridized carbons (Fsp3) is 0.435. The van der Waals surface area contributed by atoms with Crippen LogP contribution in [0.4, 0.5) is 0 Å². The Labute approximate surface area is 189 Å². The summed E-state index contributed by atoms with van der Waals surface area (Å²) in [6.45, 7) is 11.4. The van der Waals surface area contributed by atoms with Crippen molar-refractivity contribution in [3.8, 4) is 5.75 Å². The smallest absolute Gasteiger partial charge is 0.243 e. The first-order valence-corrected chi connectivity index (χ1v) is 13.1. The Morgan fingerprint density at radius 3 is 2.32 bits per heavy atom. The lowest BCUT2D eigenvalue weighted by Gasteiger charge is -2.18. The van der Waals surface area contributed by atoms with E-state index in [1.54, 1.807) is 23.9 Å². The standard InChI is InChI=1S/C23H31N3O3S2/c1-6-25(7-2)31(27,28)20-13-14-22-21(15-20)24-23(26(22)17(4)5)30-16-18-9-11-19(12-10-18)29-8-3/h9-15,17H,6-8,16H2,1-5H3. The lowest BCUT2D eigenvalue weighted by Crippen LogP contribution is -2.30. The maximum atomic E-state index is 12.9. The number of thioether (sulfide) groups is 1. The number of imidazole rings is 1. The molecule has 0 saturated heterocycles. The fourth-order valence-corrected chi connectivity index (χ4v) is 6.10. The van der Waals surface area contributed by atoms with Gasteiger partial charge in [-0.2, -0.15) is 4.31 Å². The van der Waals surface area contributed by atoms with Crippen LogP contribution in [0.1, 0.15) is 46.2 Å². The summed E-state index contributed by atoms with van der Waals surface area (Å²) in [4.78, 5) is 5.09. The number of benzene rings is 2. The van der Waals surface area contributed by atoms with Crippen molar-refractivity contribution in [1.82, 2.24) is 13.9 Å². The van der Waals surface area contributed by atoms with E-state index in [4.69, 9.17) is 9.72 Å². The predicted molar refractivity (Wildman–Crippen MR) is 127 cm³/mol. The highest BCUT2D eigenvalue weighted by Gasteiger charge is 2.23. The van der Waals surface area contributed by atoms with Gasteiger partial charge in [-0.1, -0.05) is 37.7 Å². The second kappa shape index (κ2) is 10.1. The average Bonchev–Trinajstić information content (AvgIpc) is 3.12. The molecule has 0 bridgehead atoms. The minimum absolute atomic E-state index is 0.207. The normalized spacial score (nSPS) is 12.2. The largest absolute Gasteiger partial charge is 0.494 e. The zero-order valence-corrected chi connectivity index (χ0v) is 20.5. The second-order valence-corrected chi connectivity index (χ2v) is 10.3. The van der Waals surface area contributed by atoms with Gasteiger partial charge < -0.3 is 9.30 Å². The molecular weight excluding hydrogens is 430 g/mol. The third-order valence-corrected chi connectivity index (χ3v) is 8.16. The van der Waals surface area contributed by atoms with E-state index in [9.17, 15) is 8.42 Å². The summed E-state index contributed by atoms with van der Waals surface area (Å²) >= 11 is 1.65. The van der Waals surface area contributed by atoms with Crippen LogP contribution >= 0.6 is 11.8 Å². The van der Waals surface area contributed by atoms with Crippen LogP contribution in [-0.4, -0.2) is 42.0 Å². The molecule has 31 heavy (non-hydrogen) atoms. The maximum absolute atomic E-state index is 12.9. The molecule has 3 aromatic rings. The zero-order valence-electron chi connectivity index (χ0n) is 18.8. The highest BCUT2D eigenvalue weighted by Crippen LogP contribution is 2.31. The minimum atomic E-state index is -3.52. The van der Waals surface area contributed by atoms with Crippen LogP contribution in [0.25, 0.3) is 11.0 Å². The molecule has 1 aromatic heterocycles. The molecule has 0 unspecified atom stereocenters. The SMILES string of the molecule is CCOc1ccc(CSc2nc3cc(S(=O)(=O)N(CC)CC)ccc3n2C(C)C)cc1. The van der Waals surface area contributed by atoms with Gasteiger partial charge in [-0.15, -0.1) is 0 Å². The van der Waals surface area contributed by atoms with Gasteiger partial charge in [0.15, 0.2) is 5.16 Å². The van der Waals surface area contributed by atoms with Crippen LogP contribution in [0.3, 0.4) is 0 Å². The van der Waals surface area contributed by atoms with Gasteiger partial charge in [-0.3, -0.25) is 0 Å². The Bertz CT molecular complexity index is 1120. The summed E-state index contributed by atoms with van der Waals surface area (Å²) in [5.41, 5.74) is 2.83. The number of sulfonamides is 1. The molecule has 6 nitrogen and oxygen atoms in total. The van der Waals surface area contributed by atoms with E-state index < -0.39 is 10.0 Å². The van der Waals surface area contributed by atoms with Gasteiger partial charge in [-0.05, 0) is 56.7 Å². The van der Waals surface area contributed by atoms with Crippen LogP contribution < -0.4 is 4.74 Å². The van der Waals surface area contributed by atoms with Crippen molar-refractivity contribution in [2.45, 2.75) is 56.5 Å². The summed E-state index contributed by atoms with van der Waals surface area (Å²) in [6, 6.07) is 13.6. The summed E-state index contributed by atoms with van der Waals surface area (Å²) < 4.78 is 35.0. The Morgan fingerprint density at radius 1 is 1.06 bits per heavy atom. The third-order valence-electron chi connectivity index (χ3n) is 5.09. The highest BCUT2D eigenvalue weighted by atomic mass is 32.2.